The third-order valence-corrected chi connectivity index (χ3v) is 4.51. The highest BCUT2D eigenvalue weighted by molar-refractivity contribution is 9.10. The van der Waals surface area contributed by atoms with Crippen molar-refractivity contribution in [2.24, 2.45) is 0 Å². The number of aryl methyl sites for hydroxylation is 1. The fourth-order valence-electron chi connectivity index (χ4n) is 2.80. The van der Waals surface area contributed by atoms with E-state index in [0.29, 0.717) is 12.2 Å². The predicted octanol–water partition coefficient (Wildman–Crippen LogP) is 4.46. The van der Waals surface area contributed by atoms with Crippen molar-refractivity contribution < 1.29 is 4.79 Å². The van der Waals surface area contributed by atoms with Crippen LogP contribution in [0.25, 0.3) is 5.65 Å². The Kier molecular flexibility index (Phi) is 4.71. The molecule has 0 atom stereocenters. The van der Waals surface area contributed by atoms with Crippen LogP contribution in [0.3, 0.4) is 0 Å². The standard InChI is InChI=1S/C19H20BrN3O/c1-13(2)22(11-15-7-5-4-6-8-15)19(24)18-14(3)21-17-10-9-16(20)12-23(17)18/h4-10,12-13H,11H2,1-3H3. The van der Waals surface area contributed by atoms with Crippen molar-refractivity contribution in [2.45, 2.75) is 33.4 Å². The Morgan fingerprint density at radius 3 is 2.58 bits per heavy atom. The Morgan fingerprint density at radius 1 is 1.21 bits per heavy atom. The van der Waals surface area contributed by atoms with E-state index in [1.165, 1.54) is 0 Å². The van der Waals surface area contributed by atoms with Gasteiger partial charge in [-0.15, -0.1) is 0 Å². The second-order valence-electron chi connectivity index (χ2n) is 6.13. The molecular formula is C19H20BrN3O. The highest BCUT2D eigenvalue weighted by Gasteiger charge is 2.24. The number of fused-ring (bicyclic) bond motifs is 1. The molecule has 5 heteroatoms. The summed E-state index contributed by atoms with van der Waals surface area (Å²) in [6.45, 7) is 6.54. The Hall–Kier alpha value is -2.14. The summed E-state index contributed by atoms with van der Waals surface area (Å²) in [6, 6.07) is 14.0. The normalized spacial score (nSPS) is 11.2. The maximum atomic E-state index is 13.2. The van der Waals surface area contributed by atoms with Crippen LogP contribution < -0.4 is 0 Å². The molecule has 0 radical (unpaired) electrons. The summed E-state index contributed by atoms with van der Waals surface area (Å²) in [6.07, 6.45) is 1.89. The number of carbonyl (C=O) groups excluding carboxylic acids is 1. The number of benzene rings is 1. The zero-order valence-electron chi connectivity index (χ0n) is 14.0. The molecule has 0 bridgehead atoms. The van der Waals surface area contributed by atoms with E-state index in [1.54, 1.807) is 0 Å². The average Bonchev–Trinajstić information content (AvgIpc) is 2.88. The first-order valence-corrected chi connectivity index (χ1v) is 8.76. The minimum atomic E-state index is -0.00282. The van der Waals surface area contributed by atoms with Crippen LogP contribution in [0.2, 0.25) is 0 Å². The molecular weight excluding hydrogens is 366 g/mol. The SMILES string of the molecule is Cc1nc2ccc(Br)cn2c1C(=O)N(Cc1ccccc1)C(C)C. The zero-order chi connectivity index (χ0) is 17.3. The molecule has 24 heavy (non-hydrogen) atoms. The van der Waals surface area contributed by atoms with Crippen molar-refractivity contribution in [3.8, 4) is 0 Å². The van der Waals surface area contributed by atoms with Gasteiger partial charge in [0.05, 0.1) is 5.69 Å². The molecule has 0 aliphatic rings. The number of hydrogen-bond acceptors (Lipinski definition) is 2. The second-order valence-corrected chi connectivity index (χ2v) is 7.05. The molecule has 2 heterocycles. The van der Waals surface area contributed by atoms with Crippen molar-refractivity contribution in [1.82, 2.24) is 14.3 Å². The van der Waals surface area contributed by atoms with Gasteiger partial charge in [0, 0.05) is 23.3 Å². The van der Waals surface area contributed by atoms with E-state index in [4.69, 9.17) is 0 Å². The molecule has 0 aliphatic heterocycles. The largest absolute Gasteiger partial charge is 0.331 e. The van der Waals surface area contributed by atoms with Gasteiger partial charge in [0.2, 0.25) is 0 Å². The fraction of sp³-hybridized carbons (Fsp3) is 0.263. The highest BCUT2D eigenvalue weighted by Crippen LogP contribution is 2.20. The third-order valence-electron chi connectivity index (χ3n) is 4.04. The average molecular weight is 386 g/mol. The molecule has 3 rings (SSSR count). The molecule has 0 fully saturated rings. The van der Waals surface area contributed by atoms with Crippen molar-refractivity contribution in [3.05, 3.63) is 70.1 Å². The summed E-state index contributed by atoms with van der Waals surface area (Å²) in [4.78, 5) is 19.6. The van der Waals surface area contributed by atoms with Crippen LogP contribution in [0.4, 0.5) is 0 Å². The molecule has 0 saturated carbocycles. The van der Waals surface area contributed by atoms with E-state index in [9.17, 15) is 4.79 Å². The maximum absolute atomic E-state index is 13.2. The van der Waals surface area contributed by atoms with Gasteiger partial charge in [-0.3, -0.25) is 9.20 Å². The topological polar surface area (TPSA) is 37.6 Å². The van der Waals surface area contributed by atoms with Gasteiger partial charge in [-0.25, -0.2) is 4.98 Å². The first-order chi connectivity index (χ1) is 11.5. The lowest BCUT2D eigenvalue weighted by atomic mass is 10.1. The maximum Gasteiger partial charge on any atom is 0.273 e. The van der Waals surface area contributed by atoms with Crippen molar-refractivity contribution in [3.63, 3.8) is 0 Å². The molecule has 0 spiro atoms. The zero-order valence-corrected chi connectivity index (χ0v) is 15.6. The van der Waals surface area contributed by atoms with Gasteiger partial charge in [-0.2, -0.15) is 0 Å². The minimum absolute atomic E-state index is 0.00282. The van der Waals surface area contributed by atoms with E-state index >= 15 is 0 Å². The quantitative estimate of drug-likeness (QED) is 0.664. The van der Waals surface area contributed by atoms with E-state index < -0.39 is 0 Å². The van der Waals surface area contributed by atoms with E-state index in [0.717, 1.165) is 21.4 Å². The Balaban J connectivity index is 2.02. The molecule has 0 unspecified atom stereocenters. The number of imidazole rings is 1. The summed E-state index contributed by atoms with van der Waals surface area (Å²) in [5.41, 5.74) is 3.27. The van der Waals surface area contributed by atoms with E-state index in [2.05, 4.69) is 20.9 Å². The summed E-state index contributed by atoms with van der Waals surface area (Å²) in [5, 5.41) is 0. The summed E-state index contributed by atoms with van der Waals surface area (Å²) in [7, 11) is 0. The number of rotatable bonds is 4. The molecule has 0 saturated heterocycles. The van der Waals surface area contributed by atoms with E-state index in [-0.39, 0.29) is 11.9 Å². The number of amides is 1. The van der Waals surface area contributed by atoms with Crippen LogP contribution in [-0.2, 0) is 6.54 Å². The van der Waals surface area contributed by atoms with Crippen LogP contribution in [-0.4, -0.2) is 26.2 Å². The Labute approximate surface area is 150 Å². The lowest BCUT2D eigenvalue weighted by Crippen LogP contribution is -2.37. The number of halogens is 1. The first-order valence-electron chi connectivity index (χ1n) is 7.96. The smallest absolute Gasteiger partial charge is 0.273 e. The van der Waals surface area contributed by atoms with Crippen LogP contribution >= 0.6 is 15.9 Å². The fourth-order valence-corrected chi connectivity index (χ4v) is 3.14. The highest BCUT2D eigenvalue weighted by atomic mass is 79.9. The molecule has 2 aromatic heterocycles. The second kappa shape index (κ2) is 6.77. The number of carbonyl (C=O) groups is 1. The summed E-state index contributed by atoms with van der Waals surface area (Å²) < 4.78 is 2.78. The number of hydrogen-bond donors (Lipinski definition) is 0. The number of nitrogens with zero attached hydrogens (tertiary/aromatic N) is 3. The van der Waals surface area contributed by atoms with Gasteiger partial charge < -0.3 is 4.90 Å². The monoisotopic (exact) mass is 385 g/mol. The molecule has 0 N–H and O–H groups in total. The minimum Gasteiger partial charge on any atom is -0.331 e. The summed E-state index contributed by atoms with van der Waals surface area (Å²) in [5.74, 6) is -0.00282. The van der Waals surface area contributed by atoms with Gasteiger partial charge in [0.15, 0.2) is 0 Å². The molecule has 4 nitrogen and oxygen atoms in total. The van der Waals surface area contributed by atoms with Crippen LogP contribution in [0, 0.1) is 6.92 Å². The van der Waals surface area contributed by atoms with Gasteiger partial charge in [0.25, 0.3) is 5.91 Å². The van der Waals surface area contributed by atoms with Crippen LogP contribution in [0.5, 0.6) is 0 Å². The molecule has 1 aromatic carbocycles. The number of pyridine rings is 1. The van der Waals surface area contributed by atoms with Crippen LogP contribution in [0.1, 0.15) is 35.6 Å². The van der Waals surface area contributed by atoms with Crippen LogP contribution in [0.15, 0.2) is 53.1 Å². The Bertz CT molecular complexity index is 871. The Morgan fingerprint density at radius 2 is 1.92 bits per heavy atom. The molecule has 124 valence electrons. The predicted molar refractivity (Wildman–Crippen MR) is 99.1 cm³/mol. The van der Waals surface area contributed by atoms with E-state index in [1.807, 2.05) is 78.7 Å². The van der Waals surface area contributed by atoms with Gasteiger partial charge >= 0.3 is 0 Å². The van der Waals surface area contributed by atoms with Gasteiger partial charge in [0.1, 0.15) is 11.3 Å². The molecule has 0 aliphatic carbocycles. The number of aromatic nitrogens is 2. The summed E-state index contributed by atoms with van der Waals surface area (Å²) >= 11 is 3.47. The van der Waals surface area contributed by atoms with Gasteiger partial charge in [-0.1, -0.05) is 30.3 Å². The van der Waals surface area contributed by atoms with Gasteiger partial charge in [-0.05, 0) is 54.4 Å². The van der Waals surface area contributed by atoms with Crippen molar-refractivity contribution in [2.75, 3.05) is 0 Å². The lowest BCUT2D eigenvalue weighted by Gasteiger charge is -2.27. The molecule has 3 aromatic rings. The van der Waals surface area contributed by atoms with Crippen molar-refractivity contribution in [1.29, 1.82) is 0 Å². The molecule has 1 amide bonds. The first kappa shape index (κ1) is 16.7. The van der Waals surface area contributed by atoms with Crippen molar-refractivity contribution >= 4 is 27.5 Å². The lowest BCUT2D eigenvalue weighted by molar-refractivity contribution is 0.0682. The third kappa shape index (κ3) is 3.22.